The van der Waals surface area contributed by atoms with E-state index in [1.165, 1.54) is 19.2 Å². The average molecular weight is 221 g/mol. The molecule has 2 rings (SSSR count). The monoisotopic (exact) mass is 221 g/mol. The van der Waals surface area contributed by atoms with Gasteiger partial charge in [0.25, 0.3) is 0 Å². The van der Waals surface area contributed by atoms with Gasteiger partial charge in [-0.3, -0.25) is 0 Å². The van der Waals surface area contributed by atoms with E-state index in [4.69, 9.17) is 9.15 Å². The zero-order valence-electron chi connectivity index (χ0n) is 8.87. The van der Waals surface area contributed by atoms with Crippen LogP contribution in [-0.2, 0) is 6.54 Å². The largest absolute Gasteiger partial charge is 0.494 e. The number of benzene rings is 1. The highest BCUT2D eigenvalue weighted by Gasteiger charge is 2.04. The fraction of sp³-hybridized carbons (Fsp3) is 0.167. The number of hydrogen-bond acceptors (Lipinski definition) is 3. The third kappa shape index (κ3) is 2.34. The SMILES string of the molecule is COc1cc(F)ccc1NCc1ccoc1. The lowest BCUT2D eigenvalue weighted by Gasteiger charge is -2.10. The molecule has 1 aromatic carbocycles. The normalized spacial score (nSPS) is 10.1. The molecule has 2 aromatic rings. The summed E-state index contributed by atoms with van der Waals surface area (Å²) in [6.07, 6.45) is 3.27. The first kappa shape index (κ1) is 10.5. The molecular formula is C12H12FNO2. The van der Waals surface area contributed by atoms with Gasteiger partial charge in [-0.15, -0.1) is 0 Å². The second-order valence-corrected chi connectivity index (χ2v) is 3.33. The minimum atomic E-state index is -0.314. The van der Waals surface area contributed by atoms with Gasteiger partial charge >= 0.3 is 0 Å². The van der Waals surface area contributed by atoms with Crippen molar-refractivity contribution in [3.05, 3.63) is 48.2 Å². The Hall–Kier alpha value is -1.97. The molecule has 16 heavy (non-hydrogen) atoms. The number of methoxy groups -OCH3 is 1. The maximum Gasteiger partial charge on any atom is 0.144 e. The average Bonchev–Trinajstić information content (AvgIpc) is 2.80. The van der Waals surface area contributed by atoms with E-state index in [1.807, 2.05) is 6.07 Å². The van der Waals surface area contributed by atoms with E-state index in [9.17, 15) is 4.39 Å². The van der Waals surface area contributed by atoms with Crippen molar-refractivity contribution in [3.8, 4) is 5.75 Å². The molecule has 0 unspecified atom stereocenters. The zero-order chi connectivity index (χ0) is 11.4. The summed E-state index contributed by atoms with van der Waals surface area (Å²) in [7, 11) is 1.51. The van der Waals surface area contributed by atoms with Crippen LogP contribution in [-0.4, -0.2) is 7.11 Å². The Bertz CT molecular complexity index is 454. The van der Waals surface area contributed by atoms with Crippen molar-refractivity contribution in [1.29, 1.82) is 0 Å². The smallest absolute Gasteiger partial charge is 0.144 e. The lowest BCUT2D eigenvalue weighted by Crippen LogP contribution is -2.00. The molecule has 0 saturated heterocycles. The molecule has 0 saturated carbocycles. The van der Waals surface area contributed by atoms with E-state index in [1.54, 1.807) is 18.6 Å². The van der Waals surface area contributed by atoms with E-state index >= 15 is 0 Å². The number of furan rings is 1. The van der Waals surface area contributed by atoms with Gasteiger partial charge in [0.15, 0.2) is 0 Å². The van der Waals surface area contributed by atoms with Crippen LogP contribution < -0.4 is 10.1 Å². The minimum Gasteiger partial charge on any atom is -0.494 e. The topological polar surface area (TPSA) is 34.4 Å². The van der Waals surface area contributed by atoms with Crippen LogP contribution >= 0.6 is 0 Å². The molecule has 1 aromatic heterocycles. The molecule has 0 bridgehead atoms. The third-order valence-corrected chi connectivity index (χ3v) is 2.23. The van der Waals surface area contributed by atoms with E-state index in [0.29, 0.717) is 12.3 Å². The number of rotatable bonds is 4. The predicted molar refractivity (Wildman–Crippen MR) is 59.0 cm³/mol. The van der Waals surface area contributed by atoms with E-state index < -0.39 is 0 Å². The van der Waals surface area contributed by atoms with Crippen LogP contribution in [0.2, 0.25) is 0 Å². The fourth-order valence-corrected chi connectivity index (χ4v) is 1.40. The Kier molecular flexibility index (Phi) is 3.10. The molecule has 4 heteroatoms. The number of nitrogens with one attached hydrogen (secondary N) is 1. The Morgan fingerprint density at radius 1 is 1.38 bits per heavy atom. The summed E-state index contributed by atoms with van der Waals surface area (Å²) in [5.41, 5.74) is 1.77. The molecular weight excluding hydrogens is 209 g/mol. The van der Waals surface area contributed by atoms with Gasteiger partial charge in [-0.2, -0.15) is 0 Å². The molecule has 1 N–H and O–H groups in total. The zero-order valence-corrected chi connectivity index (χ0v) is 8.87. The number of anilines is 1. The number of halogens is 1. The highest BCUT2D eigenvalue weighted by atomic mass is 19.1. The Morgan fingerprint density at radius 3 is 2.94 bits per heavy atom. The first-order valence-corrected chi connectivity index (χ1v) is 4.88. The quantitative estimate of drug-likeness (QED) is 0.861. The van der Waals surface area contributed by atoms with Crippen LogP contribution in [0, 0.1) is 5.82 Å². The second kappa shape index (κ2) is 4.70. The van der Waals surface area contributed by atoms with Crippen molar-refractivity contribution < 1.29 is 13.5 Å². The van der Waals surface area contributed by atoms with Crippen LogP contribution in [0.1, 0.15) is 5.56 Å². The van der Waals surface area contributed by atoms with Gasteiger partial charge in [0.05, 0.1) is 25.3 Å². The van der Waals surface area contributed by atoms with Crippen molar-refractivity contribution in [1.82, 2.24) is 0 Å². The molecule has 0 aliphatic rings. The lowest BCUT2D eigenvalue weighted by atomic mass is 10.2. The summed E-state index contributed by atoms with van der Waals surface area (Å²) in [5.74, 6) is 0.175. The minimum absolute atomic E-state index is 0.314. The molecule has 84 valence electrons. The van der Waals surface area contributed by atoms with Crippen LogP contribution in [0.4, 0.5) is 10.1 Å². The predicted octanol–water partition coefficient (Wildman–Crippen LogP) is 3.04. The van der Waals surface area contributed by atoms with Gasteiger partial charge in [-0.25, -0.2) is 4.39 Å². The summed E-state index contributed by atoms with van der Waals surface area (Å²) in [5, 5.41) is 3.14. The molecule has 0 aliphatic heterocycles. The Morgan fingerprint density at radius 2 is 2.25 bits per heavy atom. The van der Waals surface area contributed by atoms with Crippen LogP contribution in [0.15, 0.2) is 41.2 Å². The number of hydrogen-bond donors (Lipinski definition) is 1. The van der Waals surface area contributed by atoms with Crippen molar-refractivity contribution in [2.45, 2.75) is 6.54 Å². The molecule has 0 spiro atoms. The molecule has 3 nitrogen and oxygen atoms in total. The van der Waals surface area contributed by atoms with Gasteiger partial charge in [-0.1, -0.05) is 0 Å². The third-order valence-electron chi connectivity index (χ3n) is 2.23. The van der Waals surface area contributed by atoms with Crippen molar-refractivity contribution in [3.63, 3.8) is 0 Å². The van der Waals surface area contributed by atoms with Crippen molar-refractivity contribution in [2.24, 2.45) is 0 Å². The summed E-state index contributed by atoms with van der Waals surface area (Å²) < 4.78 is 22.9. The van der Waals surface area contributed by atoms with Crippen molar-refractivity contribution in [2.75, 3.05) is 12.4 Å². The lowest BCUT2D eigenvalue weighted by molar-refractivity contribution is 0.413. The maximum absolute atomic E-state index is 12.9. The first-order chi connectivity index (χ1) is 7.79. The molecule has 0 amide bonds. The standard InChI is InChI=1S/C12H12FNO2/c1-15-12-6-10(13)2-3-11(12)14-7-9-4-5-16-8-9/h2-6,8,14H,7H2,1H3. The van der Waals surface area contributed by atoms with Gasteiger partial charge < -0.3 is 14.5 Å². The Labute approximate surface area is 92.8 Å². The Balaban J connectivity index is 2.09. The molecule has 0 radical (unpaired) electrons. The molecule has 1 heterocycles. The van der Waals surface area contributed by atoms with Crippen molar-refractivity contribution >= 4 is 5.69 Å². The van der Waals surface area contributed by atoms with E-state index in [-0.39, 0.29) is 5.82 Å². The first-order valence-electron chi connectivity index (χ1n) is 4.88. The van der Waals surface area contributed by atoms with Gasteiger partial charge in [-0.05, 0) is 18.2 Å². The van der Waals surface area contributed by atoms with Crippen LogP contribution in [0.25, 0.3) is 0 Å². The highest BCUT2D eigenvalue weighted by molar-refractivity contribution is 5.56. The van der Waals surface area contributed by atoms with Crippen LogP contribution in [0.3, 0.4) is 0 Å². The summed E-state index contributed by atoms with van der Waals surface area (Å²) in [4.78, 5) is 0. The van der Waals surface area contributed by atoms with Crippen LogP contribution in [0.5, 0.6) is 5.75 Å². The van der Waals surface area contributed by atoms with Gasteiger partial charge in [0, 0.05) is 18.2 Å². The van der Waals surface area contributed by atoms with Gasteiger partial charge in [0.2, 0.25) is 0 Å². The number of ether oxygens (including phenoxy) is 1. The second-order valence-electron chi connectivity index (χ2n) is 3.33. The molecule has 0 atom stereocenters. The molecule has 0 aliphatic carbocycles. The fourth-order valence-electron chi connectivity index (χ4n) is 1.40. The maximum atomic E-state index is 12.9. The molecule has 0 fully saturated rings. The van der Waals surface area contributed by atoms with E-state index in [0.717, 1.165) is 11.3 Å². The summed E-state index contributed by atoms with van der Waals surface area (Å²) in [6.45, 7) is 0.610. The highest BCUT2D eigenvalue weighted by Crippen LogP contribution is 2.25. The summed E-state index contributed by atoms with van der Waals surface area (Å²) in [6, 6.07) is 6.25. The van der Waals surface area contributed by atoms with E-state index in [2.05, 4.69) is 5.32 Å². The summed E-state index contributed by atoms with van der Waals surface area (Å²) >= 11 is 0. The van der Waals surface area contributed by atoms with Gasteiger partial charge in [0.1, 0.15) is 11.6 Å².